The zero-order valence-electron chi connectivity index (χ0n) is 14.1. The number of benzene rings is 1. The summed E-state index contributed by atoms with van der Waals surface area (Å²) in [6.45, 7) is 3.92. The van der Waals surface area contributed by atoms with E-state index in [0.717, 1.165) is 12.1 Å². The van der Waals surface area contributed by atoms with Crippen molar-refractivity contribution in [3.05, 3.63) is 42.1 Å². The molecule has 1 amide bonds. The number of amides is 1. The van der Waals surface area contributed by atoms with E-state index in [9.17, 15) is 18.0 Å². The topological polar surface area (TPSA) is 61.4 Å². The molecule has 2 heterocycles. The van der Waals surface area contributed by atoms with E-state index >= 15 is 0 Å². The predicted octanol–water partition coefficient (Wildman–Crippen LogP) is 2.91. The van der Waals surface area contributed by atoms with Crippen LogP contribution in [-0.4, -0.2) is 47.0 Å². The first-order valence-corrected chi connectivity index (χ1v) is 8.11. The van der Waals surface area contributed by atoms with Gasteiger partial charge in [0.2, 0.25) is 11.9 Å². The lowest BCUT2D eigenvalue weighted by molar-refractivity contribution is -0.137. The molecule has 9 heteroatoms. The van der Waals surface area contributed by atoms with E-state index < -0.39 is 11.7 Å². The molecule has 26 heavy (non-hydrogen) atoms. The molecule has 1 aliphatic rings. The van der Waals surface area contributed by atoms with Crippen LogP contribution in [0, 0.1) is 0 Å². The van der Waals surface area contributed by atoms with Gasteiger partial charge in [-0.25, -0.2) is 4.98 Å². The maximum Gasteiger partial charge on any atom is 0.416 e. The van der Waals surface area contributed by atoms with Crippen LogP contribution in [-0.2, 0) is 11.0 Å². The van der Waals surface area contributed by atoms with Gasteiger partial charge in [-0.3, -0.25) is 4.79 Å². The molecule has 0 atom stereocenters. The fraction of sp³-hybridized carbons (Fsp3) is 0.353. The Morgan fingerprint density at radius 1 is 1.15 bits per heavy atom. The van der Waals surface area contributed by atoms with Crippen molar-refractivity contribution in [2.45, 2.75) is 13.1 Å². The maximum atomic E-state index is 12.8. The van der Waals surface area contributed by atoms with E-state index in [-0.39, 0.29) is 5.91 Å². The van der Waals surface area contributed by atoms with Crippen LogP contribution in [0.2, 0.25) is 0 Å². The van der Waals surface area contributed by atoms with Crippen LogP contribution in [0.25, 0.3) is 0 Å². The lowest BCUT2D eigenvalue weighted by Crippen LogP contribution is -2.48. The van der Waals surface area contributed by atoms with Crippen molar-refractivity contribution in [2.75, 3.05) is 36.4 Å². The zero-order valence-corrected chi connectivity index (χ0v) is 14.1. The first-order valence-electron chi connectivity index (χ1n) is 8.11. The summed E-state index contributed by atoms with van der Waals surface area (Å²) in [7, 11) is 0. The third-order valence-electron chi connectivity index (χ3n) is 4.11. The molecule has 3 rings (SSSR count). The summed E-state index contributed by atoms with van der Waals surface area (Å²) < 4.78 is 38.4. The number of carbonyl (C=O) groups is 1. The number of nitrogens with zero attached hydrogens (tertiary/aromatic N) is 4. The summed E-state index contributed by atoms with van der Waals surface area (Å²) in [4.78, 5) is 23.7. The Labute approximate surface area is 148 Å². The van der Waals surface area contributed by atoms with Crippen LogP contribution in [0.4, 0.5) is 30.6 Å². The van der Waals surface area contributed by atoms with Gasteiger partial charge in [-0.1, -0.05) is 6.07 Å². The van der Waals surface area contributed by atoms with Crippen LogP contribution in [0.15, 0.2) is 36.5 Å². The quantitative estimate of drug-likeness (QED) is 0.906. The van der Waals surface area contributed by atoms with E-state index in [1.54, 1.807) is 23.2 Å². The number of carbonyl (C=O) groups excluding carboxylic acids is 1. The van der Waals surface area contributed by atoms with Gasteiger partial charge in [-0.15, -0.1) is 0 Å². The molecule has 0 radical (unpaired) electrons. The van der Waals surface area contributed by atoms with E-state index in [1.807, 2.05) is 4.90 Å². The second-order valence-electron chi connectivity index (χ2n) is 5.94. The summed E-state index contributed by atoms with van der Waals surface area (Å²) in [5.41, 5.74) is -0.428. The van der Waals surface area contributed by atoms with Gasteiger partial charge >= 0.3 is 6.18 Å². The van der Waals surface area contributed by atoms with Crippen molar-refractivity contribution in [2.24, 2.45) is 0 Å². The minimum absolute atomic E-state index is 0.0329. The standard InChI is InChI=1S/C17H18F3N5O/c1-12(26)24-7-9-25(10-8-24)16-21-6-5-15(23-16)22-14-4-2-3-13(11-14)17(18,19)20/h2-6,11H,7-10H2,1H3,(H,21,22,23). The highest BCUT2D eigenvalue weighted by atomic mass is 19.4. The molecule has 138 valence electrons. The van der Waals surface area contributed by atoms with Crippen LogP contribution in [0.1, 0.15) is 12.5 Å². The lowest BCUT2D eigenvalue weighted by Gasteiger charge is -2.34. The van der Waals surface area contributed by atoms with Gasteiger partial charge in [-0.05, 0) is 24.3 Å². The average Bonchev–Trinajstić information content (AvgIpc) is 2.61. The van der Waals surface area contributed by atoms with Crippen molar-refractivity contribution in [1.29, 1.82) is 0 Å². The zero-order chi connectivity index (χ0) is 18.7. The second-order valence-corrected chi connectivity index (χ2v) is 5.94. The van der Waals surface area contributed by atoms with Crippen LogP contribution < -0.4 is 10.2 Å². The Kier molecular flexibility index (Phi) is 4.97. The number of aromatic nitrogens is 2. The fourth-order valence-corrected chi connectivity index (χ4v) is 2.71. The van der Waals surface area contributed by atoms with E-state index in [4.69, 9.17) is 0 Å². The highest BCUT2D eigenvalue weighted by Gasteiger charge is 2.30. The summed E-state index contributed by atoms with van der Waals surface area (Å²) >= 11 is 0. The predicted molar refractivity (Wildman–Crippen MR) is 91.2 cm³/mol. The van der Waals surface area contributed by atoms with Gasteiger partial charge in [0.15, 0.2) is 0 Å². The van der Waals surface area contributed by atoms with Gasteiger partial charge in [0.1, 0.15) is 5.82 Å². The molecule has 1 saturated heterocycles. The number of piperazine rings is 1. The SMILES string of the molecule is CC(=O)N1CCN(c2nccc(Nc3cccc(C(F)(F)F)c3)n2)CC1. The molecule has 1 aromatic carbocycles. The summed E-state index contributed by atoms with van der Waals surface area (Å²) in [5.74, 6) is 0.916. The Hall–Kier alpha value is -2.84. The number of hydrogen-bond donors (Lipinski definition) is 1. The van der Waals surface area contributed by atoms with Crippen LogP contribution in [0.3, 0.4) is 0 Å². The first kappa shape index (κ1) is 18.0. The highest BCUT2D eigenvalue weighted by molar-refractivity contribution is 5.73. The van der Waals surface area contributed by atoms with Crippen molar-refractivity contribution in [1.82, 2.24) is 14.9 Å². The molecule has 2 aromatic rings. The number of hydrogen-bond acceptors (Lipinski definition) is 5. The van der Waals surface area contributed by atoms with Gasteiger partial charge < -0.3 is 15.1 Å². The number of rotatable bonds is 3. The molecular weight excluding hydrogens is 347 g/mol. The third-order valence-corrected chi connectivity index (χ3v) is 4.11. The first-order chi connectivity index (χ1) is 12.3. The number of nitrogens with one attached hydrogen (secondary N) is 1. The maximum absolute atomic E-state index is 12.8. The normalized spacial score (nSPS) is 15.1. The van der Waals surface area contributed by atoms with E-state index in [2.05, 4.69) is 15.3 Å². The molecule has 1 aliphatic heterocycles. The monoisotopic (exact) mass is 365 g/mol. The smallest absolute Gasteiger partial charge is 0.340 e. The van der Waals surface area contributed by atoms with Crippen LogP contribution in [0.5, 0.6) is 0 Å². The Morgan fingerprint density at radius 3 is 2.54 bits per heavy atom. The van der Waals surface area contributed by atoms with E-state index in [1.165, 1.54) is 13.0 Å². The molecule has 0 bridgehead atoms. The van der Waals surface area contributed by atoms with Crippen molar-refractivity contribution in [3.8, 4) is 0 Å². The molecule has 1 aromatic heterocycles. The molecule has 0 unspecified atom stereocenters. The summed E-state index contributed by atoms with van der Waals surface area (Å²) in [6.07, 6.45) is -2.85. The van der Waals surface area contributed by atoms with Gasteiger partial charge in [-0.2, -0.15) is 18.2 Å². The number of halogens is 3. The van der Waals surface area contributed by atoms with Crippen LogP contribution >= 0.6 is 0 Å². The fourth-order valence-electron chi connectivity index (χ4n) is 2.71. The molecule has 0 saturated carbocycles. The highest BCUT2D eigenvalue weighted by Crippen LogP contribution is 2.31. The molecule has 6 nitrogen and oxygen atoms in total. The average molecular weight is 365 g/mol. The molecule has 1 fully saturated rings. The minimum atomic E-state index is -4.40. The van der Waals surface area contributed by atoms with Crippen molar-refractivity contribution < 1.29 is 18.0 Å². The largest absolute Gasteiger partial charge is 0.416 e. The molecule has 1 N–H and O–H groups in total. The van der Waals surface area contributed by atoms with Gasteiger partial charge in [0.05, 0.1) is 5.56 Å². The Bertz CT molecular complexity index is 788. The molecule has 0 aliphatic carbocycles. The van der Waals surface area contributed by atoms with Gasteiger partial charge in [0.25, 0.3) is 0 Å². The minimum Gasteiger partial charge on any atom is -0.340 e. The lowest BCUT2D eigenvalue weighted by atomic mass is 10.2. The van der Waals surface area contributed by atoms with Crippen molar-refractivity contribution in [3.63, 3.8) is 0 Å². The van der Waals surface area contributed by atoms with E-state index in [0.29, 0.717) is 43.6 Å². The van der Waals surface area contributed by atoms with Gasteiger partial charge in [0, 0.05) is 45.0 Å². The third kappa shape index (κ3) is 4.22. The number of anilines is 3. The second kappa shape index (κ2) is 7.19. The molecule has 0 spiro atoms. The summed E-state index contributed by atoms with van der Waals surface area (Å²) in [6, 6.07) is 6.53. The number of alkyl halides is 3. The summed E-state index contributed by atoms with van der Waals surface area (Å²) in [5, 5.41) is 2.88. The molecular formula is C17H18F3N5O. The Morgan fingerprint density at radius 2 is 1.88 bits per heavy atom. The van der Waals surface area contributed by atoms with Crippen molar-refractivity contribution >= 4 is 23.4 Å². The Balaban J connectivity index is 1.71.